The highest BCUT2D eigenvalue weighted by Gasteiger charge is 2.34. The van der Waals surface area contributed by atoms with Crippen LogP contribution in [-0.4, -0.2) is 26.1 Å². The van der Waals surface area contributed by atoms with Crippen LogP contribution in [0.5, 0.6) is 0 Å². The molecule has 1 aromatic carbocycles. The first-order valence-electron chi connectivity index (χ1n) is 6.53. The Kier molecular flexibility index (Phi) is 4.65. The van der Waals surface area contributed by atoms with Gasteiger partial charge in [0, 0.05) is 16.4 Å². The van der Waals surface area contributed by atoms with Gasteiger partial charge in [-0.2, -0.15) is 5.01 Å². The van der Waals surface area contributed by atoms with Crippen LogP contribution in [0.3, 0.4) is 0 Å². The van der Waals surface area contributed by atoms with Crippen molar-refractivity contribution in [3.05, 3.63) is 63.2 Å². The molecule has 1 aliphatic rings. The van der Waals surface area contributed by atoms with Gasteiger partial charge < -0.3 is 4.98 Å². The summed E-state index contributed by atoms with van der Waals surface area (Å²) in [7, 11) is 0. The summed E-state index contributed by atoms with van der Waals surface area (Å²) in [5, 5.41) is 1.09. The molecule has 1 aliphatic heterocycles. The summed E-state index contributed by atoms with van der Waals surface area (Å²) in [5.74, 6) is -0.759. The van der Waals surface area contributed by atoms with Gasteiger partial charge in [0.1, 0.15) is 0 Å². The van der Waals surface area contributed by atoms with E-state index in [1.807, 2.05) is 12.1 Å². The third kappa shape index (κ3) is 3.39. The Morgan fingerprint density at radius 1 is 1.30 bits per heavy atom. The second-order valence-corrected chi connectivity index (χ2v) is 7.09. The number of rotatable bonds is 3. The summed E-state index contributed by atoms with van der Waals surface area (Å²) in [6.45, 7) is 0. The lowest BCUT2D eigenvalue weighted by molar-refractivity contribution is -0.123. The van der Waals surface area contributed by atoms with E-state index in [0.717, 1.165) is 22.5 Å². The van der Waals surface area contributed by atoms with E-state index in [0.29, 0.717) is 14.9 Å². The molecule has 1 saturated heterocycles. The van der Waals surface area contributed by atoms with Crippen LogP contribution < -0.4 is 5.43 Å². The molecule has 0 atom stereocenters. The van der Waals surface area contributed by atoms with Gasteiger partial charge in [0.05, 0.1) is 10.5 Å². The van der Waals surface area contributed by atoms with Crippen LogP contribution in [0.1, 0.15) is 16.1 Å². The fraction of sp³-hybridized carbons (Fsp3) is 0. The molecule has 8 heteroatoms. The molecule has 1 aromatic heterocycles. The van der Waals surface area contributed by atoms with Crippen molar-refractivity contribution < 1.29 is 9.59 Å². The first kappa shape index (κ1) is 16.0. The van der Waals surface area contributed by atoms with Crippen molar-refractivity contribution in [2.45, 2.75) is 0 Å². The summed E-state index contributed by atoms with van der Waals surface area (Å²) in [6, 6.07) is 10.6. The number of nitrogens with one attached hydrogen (secondary N) is 2. The van der Waals surface area contributed by atoms with Gasteiger partial charge in [-0.1, -0.05) is 23.9 Å². The third-order valence-corrected chi connectivity index (χ3v) is 5.03. The smallest absolute Gasteiger partial charge is 0.285 e. The van der Waals surface area contributed by atoms with E-state index >= 15 is 0 Å². The number of amides is 2. The van der Waals surface area contributed by atoms with Crippen molar-refractivity contribution in [2.24, 2.45) is 0 Å². The van der Waals surface area contributed by atoms with E-state index in [-0.39, 0.29) is 10.2 Å². The summed E-state index contributed by atoms with van der Waals surface area (Å²) in [5.41, 5.74) is 3.77. The number of hydrogen-bond donors (Lipinski definition) is 2. The Morgan fingerprint density at radius 2 is 2.09 bits per heavy atom. The van der Waals surface area contributed by atoms with Gasteiger partial charge in [0.15, 0.2) is 4.32 Å². The number of hydrazine groups is 1. The molecular formula is C15H10BrN3O2S2. The summed E-state index contributed by atoms with van der Waals surface area (Å²) in [4.78, 5) is 28.1. The van der Waals surface area contributed by atoms with Crippen LogP contribution >= 0.6 is 39.9 Å². The summed E-state index contributed by atoms with van der Waals surface area (Å²) < 4.78 is 0.929. The van der Waals surface area contributed by atoms with Crippen molar-refractivity contribution in [2.75, 3.05) is 0 Å². The molecule has 23 heavy (non-hydrogen) atoms. The number of thioether (sulfide) groups is 1. The second kappa shape index (κ2) is 6.69. The van der Waals surface area contributed by atoms with Crippen LogP contribution in [-0.2, 0) is 4.79 Å². The van der Waals surface area contributed by atoms with Crippen LogP contribution in [0.4, 0.5) is 0 Å². The van der Waals surface area contributed by atoms with Crippen molar-refractivity contribution in [3.63, 3.8) is 0 Å². The molecule has 0 saturated carbocycles. The molecule has 0 radical (unpaired) electrons. The first-order valence-corrected chi connectivity index (χ1v) is 8.55. The molecule has 116 valence electrons. The minimum Gasteiger partial charge on any atom is -0.362 e. The number of nitrogens with zero attached hydrogens (tertiary/aromatic N) is 1. The number of thiocarbonyl (C=S) groups is 1. The maximum atomic E-state index is 12.4. The lowest BCUT2D eigenvalue weighted by Crippen LogP contribution is -2.44. The van der Waals surface area contributed by atoms with Crippen molar-refractivity contribution in [3.8, 4) is 0 Å². The van der Waals surface area contributed by atoms with Gasteiger partial charge in [-0.25, -0.2) is 0 Å². The molecule has 2 amide bonds. The lowest BCUT2D eigenvalue weighted by atomic mass is 10.2. The van der Waals surface area contributed by atoms with E-state index in [1.165, 1.54) is 0 Å². The number of halogens is 1. The number of hydrogen-bond acceptors (Lipinski definition) is 4. The maximum Gasteiger partial charge on any atom is 0.285 e. The topological polar surface area (TPSA) is 65.2 Å². The molecule has 0 aliphatic carbocycles. The van der Waals surface area contributed by atoms with Gasteiger partial charge >= 0.3 is 0 Å². The summed E-state index contributed by atoms with van der Waals surface area (Å²) >= 11 is 9.64. The highest BCUT2D eigenvalue weighted by molar-refractivity contribution is 9.10. The minimum atomic E-state index is -0.408. The molecule has 2 heterocycles. The number of aromatic nitrogens is 1. The predicted octanol–water partition coefficient (Wildman–Crippen LogP) is 3.32. The van der Waals surface area contributed by atoms with E-state index in [4.69, 9.17) is 12.2 Å². The molecule has 3 rings (SSSR count). The van der Waals surface area contributed by atoms with Crippen molar-refractivity contribution in [1.29, 1.82) is 0 Å². The zero-order valence-corrected chi connectivity index (χ0v) is 14.8. The predicted molar refractivity (Wildman–Crippen MR) is 97.4 cm³/mol. The molecule has 5 nitrogen and oxygen atoms in total. The number of carbonyl (C=O) groups excluding carboxylic acids is 2. The average Bonchev–Trinajstić information content (AvgIpc) is 3.12. The van der Waals surface area contributed by atoms with Crippen LogP contribution in [0.25, 0.3) is 6.08 Å². The second-order valence-electron chi connectivity index (χ2n) is 4.56. The molecular weight excluding hydrogens is 398 g/mol. The first-order chi connectivity index (χ1) is 11.1. The largest absolute Gasteiger partial charge is 0.362 e. The highest BCUT2D eigenvalue weighted by atomic mass is 79.9. The van der Waals surface area contributed by atoms with Crippen LogP contribution in [0, 0.1) is 0 Å². The zero-order valence-electron chi connectivity index (χ0n) is 11.6. The van der Waals surface area contributed by atoms with E-state index in [1.54, 1.807) is 36.5 Å². The Bertz CT molecular complexity index is 818. The Morgan fingerprint density at radius 3 is 2.78 bits per heavy atom. The lowest BCUT2D eigenvalue weighted by Gasteiger charge is -2.16. The van der Waals surface area contributed by atoms with Crippen LogP contribution in [0.15, 0.2) is 52.0 Å². The third-order valence-electron chi connectivity index (χ3n) is 3.03. The van der Waals surface area contributed by atoms with Crippen molar-refractivity contribution in [1.82, 2.24) is 15.4 Å². The zero-order chi connectivity index (χ0) is 16.4. The van der Waals surface area contributed by atoms with E-state index in [2.05, 4.69) is 26.3 Å². The van der Waals surface area contributed by atoms with Crippen LogP contribution in [0.2, 0.25) is 0 Å². The monoisotopic (exact) mass is 407 g/mol. The molecule has 1 fully saturated rings. The van der Waals surface area contributed by atoms with Gasteiger partial charge in [0.25, 0.3) is 11.8 Å². The van der Waals surface area contributed by atoms with Gasteiger partial charge in [0.2, 0.25) is 0 Å². The van der Waals surface area contributed by atoms with Gasteiger partial charge in [-0.05, 0) is 58.5 Å². The summed E-state index contributed by atoms with van der Waals surface area (Å²) in [6.07, 6.45) is 3.46. The van der Waals surface area contributed by atoms with Gasteiger partial charge in [-0.15, -0.1) is 0 Å². The average molecular weight is 408 g/mol. The molecule has 2 aromatic rings. The number of benzene rings is 1. The molecule has 0 bridgehead atoms. The number of carbonyl (C=O) groups is 2. The van der Waals surface area contributed by atoms with E-state index in [9.17, 15) is 9.59 Å². The molecule has 2 N–H and O–H groups in total. The fourth-order valence-electron chi connectivity index (χ4n) is 1.95. The Hall–Kier alpha value is -1.90. The minimum absolute atomic E-state index is 0.285. The standard InChI is InChI=1S/C15H10BrN3O2S2/c16-11-6-2-1-5-10(11)13(20)18-19-14(21)12(23-15(19)22)8-9-4-3-7-17-9/h1-8,17H,(H,18,20)/b12-8+. The fourth-order valence-corrected chi connectivity index (χ4v) is 3.58. The van der Waals surface area contributed by atoms with Gasteiger partial charge in [-0.3, -0.25) is 15.0 Å². The molecule has 0 unspecified atom stereocenters. The van der Waals surface area contributed by atoms with E-state index < -0.39 is 5.91 Å². The Labute approximate surface area is 150 Å². The normalized spacial score (nSPS) is 16.2. The van der Waals surface area contributed by atoms with Crippen molar-refractivity contribution >= 4 is 62.1 Å². The molecule has 0 spiro atoms. The number of aromatic amines is 1. The maximum absolute atomic E-state index is 12.4. The highest BCUT2D eigenvalue weighted by Crippen LogP contribution is 2.31. The SMILES string of the molecule is O=C(NN1C(=O)/C(=C\c2ccc[nH]2)SC1=S)c1ccccc1Br. The quantitative estimate of drug-likeness (QED) is 0.604. The Balaban J connectivity index is 1.79. The number of H-pyrrole nitrogens is 1.